The number of aryl methyl sites for hydroxylation is 1. The summed E-state index contributed by atoms with van der Waals surface area (Å²) >= 11 is 0. The molecule has 82 valence electrons. The second kappa shape index (κ2) is 3.72. The molecular weight excluding hydrogens is 192 g/mol. The van der Waals surface area contributed by atoms with Crippen LogP contribution in [0.3, 0.4) is 0 Å². The molecule has 3 nitrogen and oxygen atoms in total. The molecule has 1 aliphatic carbocycles. The van der Waals surface area contributed by atoms with E-state index in [9.17, 15) is 9.90 Å². The first-order chi connectivity index (χ1) is 7.17. The van der Waals surface area contributed by atoms with Crippen molar-refractivity contribution in [1.29, 1.82) is 0 Å². The number of hydrogen-bond donors (Lipinski definition) is 1. The zero-order valence-electron chi connectivity index (χ0n) is 8.95. The van der Waals surface area contributed by atoms with Gasteiger partial charge in [0.2, 0.25) is 0 Å². The molecule has 0 amide bonds. The number of rotatable bonds is 2. The van der Waals surface area contributed by atoms with Crippen LogP contribution in [0.4, 0.5) is 0 Å². The van der Waals surface area contributed by atoms with E-state index in [4.69, 9.17) is 4.42 Å². The lowest BCUT2D eigenvalue weighted by atomic mass is 9.71. The third-order valence-electron chi connectivity index (χ3n) is 3.41. The highest BCUT2D eigenvalue weighted by molar-refractivity contribution is 5.81. The van der Waals surface area contributed by atoms with Crippen molar-refractivity contribution >= 4 is 5.97 Å². The van der Waals surface area contributed by atoms with Crippen LogP contribution in [0.15, 0.2) is 16.7 Å². The molecule has 1 aromatic heterocycles. The van der Waals surface area contributed by atoms with E-state index in [0.29, 0.717) is 18.6 Å². The maximum absolute atomic E-state index is 11.5. The van der Waals surface area contributed by atoms with Crippen molar-refractivity contribution in [1.82, 2.24) is 0 Å². The minimum Gasteiger partial charge on any atom is -0.480 e. The lowest BCUT2D eigenvalue weighted by Gasteiger charge is -2.31. The quantitative estimate of drug-likeness (QED) is 0.813. The van der Waals surface area contributed by atoms with Gasteiger partial charge in [-0.1, -0.05) is 19.3 Å². The number of carboxylic acids is 1. The minimum atomic E-state index is -0.758. The predicted molar refractivity (Wildman–Crippen MR) is 55.8 cm³/mol. The molecule has 1 fully saturated rings. The number of aliphatic carboxylic acids is 1. The van der Waals surface area contributed by atoms with E-state index in [2.05, 4.69) is 0 Å². The van der Waals surface area contributed by atoms with E-state index < -0.39 is 11.4 Å². The molecule has 0 saturated heterocycles. The maximum atomic E-state index is 11.5. The Hall–Kier alpha value is -1.25. The van der Waals surface area contributed by atoms with Gasteiger partial charge >= 0.3 is 5.97 Å². The second-order valence-electron chi connectivity index (χ2n) is 4.38. The van der Waals surface area contributed by atoms with Crippen LogP contribution in [0.5, 0.6) is 0 Å². The fraction of sp³-hybridized carbons (Fsp3) is 0.583. The Morgan fingerprint density at radius 3 is 2.53 bits per heavy atom. The van der Waals surface area contributed by atoms with Gasteiger partial charge in [-0.15, -0.1) is 0 Å². The summed E-state index contributed by atoms with van der Waals surface area (Å²) in [6.45, 7) is 1.91. The Balaban J connectivity index is 2.42. The summed E-state index contributed by atoms with van der Waals surface area (Å²) in [7, 11) is 0. The fourth-order valence-corrected chi connectivity index (χ4v) is 2.56. The molecular formula is C12H16O3. The molecule has 1 aliphatic rings. The fourth-order valence-electron chi connectivity index (χ4n) is 2.56. The average molecular weight is 208 g/mol. The van der Waals surface area contributed by atoms with Gasteiger partial charge in [0, 0.05) is 0 Å². The molecule has 0 bridgehead atoms. The molecule has 1 N–H and O–H groups in total. The van der Waals surface area contributed by atoms with E-state index in [1.807, 2.05) is 13.0 Å². The highest BCUT2D eigenvalue weighted by Gasteiger charge is 2.44. The zero-order valence-corrected chi connectivity index (χ0v) is 8.95. The van der Waals surface area contributed by atoms with Gasteiger partial charge in [-0.05, 0) is 31.4 Å². The number of carbonyl (C=O) groups is 1. The van der Waals surface area contributed by atoms with Crippen molar-refractivity contribution in [2.24, 2.45) is 0 Å². The summed E-state index contributed by atoms with van der Waals surface area (Å²) in [4.78, 5) is 11.5. The van der Waals surface area contributed by atoms with Crippen LogP contribution in [0.25, 0.3) is 0 Å². The summed E-state index contributed by atoms with van der Waals surface area (Å²) in [5.74, 6) is -0.0741. The zero-order chi connectivity index (χ0) is 10.9. The van der Waals surface area contributed by atoms with E-state index in [0.717, 1.165) is 24.8 Å². The summed E-state index contributed by atoms with van der Waals surface area (Å²) in [5, 5.41) is 9.43. The molecule has 1 heterocycles. The third kappa shape index (κ3) is 1.56. The van der Waals surface area contributed by atoms with Gasteiger partial charge in [0.05, 0.1) is 6.26 Å². The Kier molecular flexibility index (Phi) is 2.55. The lowest BCUT2D eigenvalue weighted by Crippen LogP contribution is -2.38. The Morgan fingerprint density at radius 2 is 2.07 bits per heavy atom. The van der Waals surface area contributed by atoms with E-state index in [1.54, 1.807) is 6.26 Å². The van der Waals surface area contributed by atoms with Crippen LogP contribution < -0.4 is 0 Å². The van der Waals surface area contributed by atoms with Crippen LogP contribution in [0.2, 0.25) is 0 Å². The highest BCUT2D eigenvalue weighted by atomic mass is 16.4. The van der Waals surface area contributed by atoms with Gasteiger partial charge in [0.25, 0.3) is 0 Å². The topological polar surface area (TPSA) is 50.4 Å². The van der Waals surface area contributed by atoms with Gasteiger partial charge < -0.3 is 9.52 Å². The first-order valence-corrected chi connectivity index (χ1v) is 5.45. The van der Waals surface area contributed by atoms with Crippen molar-refractivity contribution in [2.75, 3.05) is 0 Å². The molecule has 1 aromatic rings. The molecule has 0 unspecified atom stereocenters. The summed E-state index contributed by atoms with van der Waals surface area (Å²) < 4.78 is 5.39. The molecule has 0 radical (unpaired) electrons. The number of hydrogen-bond acceptors (Lipinski definition) is 2. The van der Waals surface area contributed by atoms with Crippen LogP contribution in [-0.4, -0.2) is 11.1 Å². The largest absolute Gasteiger partial charge is 0.480 e. The first kappa shape index (κ1) is 10.3. The summed E-state index contributed by atoms with van der Waals surface area (Å²) in [6, 6.07) is 1.84. The summed E-state index contributed by atoms with van der Waals surface area (Å²) in [5.41, 5.74) is 0.200. The molecule has 0 atom stereocenters. The minimum absolute atomic E-state index is 0.662. The molecule has 0 aliphatic heterocycles. The molecule has 0 spiro atoms. The second-order valence-corrected chi connectivity index (χ2v) is 4.38. The Labute approximate surface area is 89.1 Å². The van der Waals surface area contributed by atoms with Gasteiger partial charge in [-0.25, -0.2) is 0 Å². The number of furan rings is 1. The lowest BCUT2D eigenvalue weighted by molar-refractivity contribution is -0.146. The van der Waals surface area contributed by atoms with E-state index >= 15 is 0 Å². The van der Waals surface area contributed by atoms with Gasteiger partial charge in [0.1, 0.15) is 11.2 Å². The van der Waals surface area contributed by atoms with Crippen molar-refractivity contribution in [3.05, 3.63) is 23.7 Å². The number of carboxylic acid groups (broad SMARTS) is 1. The van der Waals surface area contributed by atoms with Gasteiger partial charge in [0.15, 0.2) is 0 Å². The van der Waals surface area contributed by atoms with Crippen LogP contribution in [0, 0.1) is 6.92 Å². The standard InChI is InChI=1S/C12H16O3/c1-9-5-8-15-10(9)12(11(13)14)6-3-2-4-7-12/h5,8H,2-4,6-7H2,1H3,(H,13,14). The van der Waals surface area contributed by atoms with E-state index in [-0.39, 0.29) is 0 Å². The van der Waals surface area contributed by atoms with E-state index in [1.165, 1.54) is 0 Å². The summed E-state index contributed by atoms with van der Waals surface area (Å²) in [6.07, 6.45) is 6.09. The Morgan fingerprint density at radius 1 is 1.40 bits per heavy atom. The molecule has 15 heavy (non-hydrogen) atoms. The van der Waals surface area contributed by atoms with Gasteiger partial charge in [-0.2, -0.15) is 0 Å². The monoisotopic (exact) mass is 208 g/mol. The highest BCUT2D eigenvalue weighted by Crippen LogP contribution is 2.41. The third-order valence-corrected chi connectivity index (χ3v) is 3.41. The smallest absolute Gasteiger partial charge is 0.317 e. The van der Waals surface area contributed by atoms with Crippen LogP contribution in [0.1, 0.15) is 43.4 Å². The van der Waals surface area contributed by atoms with Crippen LogP contribution >= 0.6 is 0 Å². The molecule has 0 aromatic carbocycles. The van der Waals surface area contributed by atoms with Gasteiger partial charge in [-0.3, -0.25) is 4.79 Å². The van der Waals surface area contributed by atoms with Crippen molar-refractivity contribution in [3.8, 4) is 0 Å². The predicted octanol–water partition coefficient (Wildman–Crippen LogP) is 2.87. The van der Waals surface area contributed by atoms with Crippen molar-refractivity contribution < 1.29 is 14.3 Å². The SMILES string of the molecule is Cc1ccoc1C1(C(=O)O)CCCCC1. The Bertz CT molecular complexity index is 359. The first-order valence-electron chi connectivity index (χ1n) is 5.45. The maximum Gasteiger partial charge on any atom is 0.317 e. The average Bonchev–Trinajstić information content (AvgIpc) is 2.66. The van der Waals surface area contributed by atoms with Crippen molar-refractivity contribution in [2.45, 2.75) is 44.4 Å². The van der Waals surface area contributed by atoms with Crippen LogP contribution in [-0.2, 0) is 10.2 Å². The molecule has 1 saturated carbocycles. The molecule has 2 rings (SSSR count). The normalized spacial score (nSPS) is 20.1. The van der Waals surface area contributed by atoms with Crippen molar-refractivity contribution in [3.63, 3.8) is 0 Å². The molecule has 3 heteroatoms.